The van der Waals surface area contributed by atoms with E-state index in [-0.39, 0.29) is 11.9 Å². The van der Waals surface area contributed by atoms with E-state index in [4.69, 9.17) is 5.73 Å². The van der Waals surface area contributed by atoms with E-state index in [0.29, 0.717) is 19.4 Å². The lowest BCUT2D eigenvalue weighted by molar-refractivity contribution is -0.142. The number of esters is 1. The summed E-state index contributed by atoms with van der Waals surface area (Å²) in [6, 6.07) is 7.57. The molecule has 1 rings (SSSR count). The summed E-state index contributed by atoms with van der Waals surface area (Å²) < 4.78 is 5.62. The number of amides is 1. The van der Waals surface area contributed by atoms with Gasteiger partial charge in [0.05, 0.1) is 7.11 Å². The first-order valence-electron chi connectivity index (χ1n) is 7.87. The smallest absolute Gasteiger partial charge is 0.322 e. The van der Waals surface area contributed by atoms with Crippen LogP contribution in [0.3, 0.4) is 0 Å². The molecule has 0 heterocycles. The summed E-state index contributed by atoms with van der Waals surface area (Å²) in [7, 11) is 1.33. The molecule has 3 N–H and O–H groups in total. The Morgan fingerprint density at radius 2 is 1.91 bits per heavy atom. The molecule has 5 nitrogen and oxygen atoms in total. The van der Waals surface area contributed by atoms with Gasteiger partial charge in [-0.2, -0.15) is 0 Å². The Bertz CT molecular complexity index is 491. The lowest BCUT2D eigenvalue weighted by atomic mass is 10.1. The van der Waals surface area contributed by atoms with Crippen molar-refractivity contribution in [3.05, 3.63) is 34.3 Å². The molecular formula is C17H25BrN2O3. The van der Waals surface area contributed by atoms with Crippen LogP contribution < -0.4 is 11.1 Å². The Labute approximate surface area is 146 Å². The van der Waals surface area contributed by atoms with Crippen LogP contribution in [0.2, 0.25) is 0 Å². The van der Waals surface area contributed by atoms with Crippen LogP contribution >= 0.6 is 15.9 Å². The van der Waals surface area contributed by atoms with Gasteiger partial charge in [0.1, 0.15) is 6.04 Å². The number of aryl methyl sites for hydroxylation is 1. The van der Waals surface area contributed by atoms with Crippen molar-refractivity contribution in [1.29, 1.82) is 0 Å². The predicted octanol–water partition coefficient (Wildman–Crippen LogP) is 2.56. The van der Waals surface area contributed by atoms with E-state index in [9.17, 15) is 9.59 Å². The largest absolute Gasteiger partial charge is 0.468 e. The van der Waals surface area contributed by atoms with Crippen LogP contribution in [0.25, 0.3) is 0 Å². The molecule has 6 heteroatoms. The minimum Gasteiger partial charge on any atom is -0.468 e. The summed E-state index contributed by atoms with van der Waals surface area (Å²) in [5.74, 6) is -0.318. The van der Waals surface area contributed by atoms with Crippen LogP contribution in [0.4, 0.5) is 0 Å². The van der Waals surface area contributed by atoms with Gasteiger partial charge >= 0.3 is 5.97 Å². The normalized spacial score (nSPS) is 11.8. The number of hydrogen-bond acceptors (Lipinski definition) is 4. The highest BCUT2D eigenvalue weighted by molar-refractivity contribution is 9.10. The number of nitrogens with one attached hydrogen (secondary N) is 1. The third kappa shape index (κ3) is 8.71. The molecule has 1 atom stereocenters. The van der Waals surface area contributed by atoms with Crippen molar-refractivity contribution in [3.8, 4) is 0 Å². The van der Waals surface area contributed by atoms with Crippen LogP contribution in [-0.2, 0) is 20.7 Å². The molecule has 0 aliphatic carbocycles. The van der Waals surface area contributed by atoms with Crippen molar-refractivity contribution in [1.82, 2.24) is 5.32 Å². The third-order valence-corrected chi connectivity index (χ3v) is 4.08. The first kappa shape index (κ1) is 19.6. The lowest BCUT2D eigenvalue weighted by Gasteiger charge is -2.09. The molecule has 0 fully saturated rings. The van der Waals surface area contributed by atoms with E-state index in [1.54, 1.807) is 0 Å². The molecule has 0 radical (unpaired) electrons. The molecule has 0 aromatic heterocycles. The van der Waals surface area contributed by atoms with Gasteiger partial charge in [0.25, 0.3) is 0 Å². The average Bonchev–Trinajstić information content (AvgIpc) is 2.55. The second-order valence-electron chi connectivity index (χ2n) is 5.46. The van der Waals surface area contributed by atoms with Crippen LogP contribution in [0.5, 0.6) is 0 Å². The minimum atomic E-state index is -0.568. The summed E-state index contributed by atoms with van der Waals surface area (Å²) in [6.07, 6.45) is 4.43. The summed E-state index contributed by atoms with van der Waals surface area (Å²) >= 11 is 3.40. The summed E-state index contributed by atoms with van der Waals surface area (Å²) in [6.45, 7) is 0.616. The molecule has 23 heavy (non-hydrogen) atoms. The van der Waals surface area contributed by atoms with Gasteiger partial charge in [-0.15, -0.1) is 0 Å². The molecule has 0 saturated carbocycles. The Morgan fingerprint density at radius 3 is 2.57 bits per heavy atom. The van der Waals surface area contributed by atoms with E-state index in [0.717, 1.165) is 30.2 Å². The van der Waals surface area contributed by atoms with Gasteiger partial charge in [-0.25, -0.2) is 0 Å². The Balaban J connectivity index is 2.04. The summed E-state index contributed by atoms with van der Waals surface area (Å²) in [5, 5.41) is 2.89. The lowest BCUT2D eigenvalue weighted by Crippen LogP contribution is -2.31. The van der Waals surface area contributed by atoms with Crippen molar-refractivity contribution in [2.75, 3.05) is 13.7 Å². The maximum absolute atomic E-state index is 11.7. The van der Waals surface area contributed by atoms with Gasteiger partial charge in [-0.1, -0.05) is 28.1 Å². The number of carbonyl (C=O) groups is 2. The van der Waals surface area contributed by atoms with Crippen molar-refractivity contribution < 1.29 is 14.3 Å². The van der Waals surface area contributed by atoms with Gasteiger partial charge in [-0.05, 0) is 49.8 Å². The minimum absolute atomic E-state index is 0.0689. The third-order valence-electron chi connectivity index (χ3n) is 3.55. The van der Waals surface area contributed by atoms with E-state index in [1.165, 1.54) is 12.7 Å². The van der Waals surface area contributed by atoms with E-state index < -0.39 is 6.04 Å². The maximum Gasteiger partial charge on any atom is 0.322 e. The second kappa shape index (κ2) is 11.2. The molecule has 0 aliphatic rings. The average molecular weight is 385 g/mol. The highest BCUT2D eigenvalue weighted by Gasteiger charge is 2.12. The Hall–Kier alpha value is -1.40. The number of methoxy groups -OCH3 is 1. The zero-order valence-electron chi connectivity index (χ0n) is 13.5. The van der Waals surface area contributed by atoms with Gasteiger partial charge < -0.3 is 15.8 Å². The highest BCUT2D eigenvalue weighted by atomic mass is 79.9. The fourth-order valence-electron chi connectivity index (χ4n) is 2.18. The SMILES string of the molecule is COC(=O)[C@@H](N)CCCCNC(=O)CCCc1ccc(Br)cc1. The predicted molar refractivity (Wildman–Crippen MR) is 93.9 cm³/mol. The summed E-state index contributed by atoms with van der Waals surface area (Å²) in [5.41, 5.74) is 6.87. The van der Waals surface area contributed by atoms with Crippen molar-refractivity contribution in [2.45, 2.75) is 44.6 Å². The molecular weight excluding hydrogens is 360 g/mol. The van der Waals surface area contributed by atoms with Gasteiger partial charge in [0.2, 0.25) is 5.91 Å². The number of nitrogens with two attached hydrogens (primary N) is 1. The molecule has 0 unspecified atom stereocenters. The Kier molecular flexibility index (Phi) is 9.55. The van der Waals surface area contributed by atoms with Crippen molar-refractivity contribution in [2.24, 2.45) is 5.73 Å². The molecule has 1 amide bonds. The van der Waals surface area contributed by atoms with Gasteiger partial charge in [-0.3, -0.25) is 9.59 Å². The quantitative estimate of drug-likeness (QED) is 0.479. The number of ether oxygens (including phenoxy) is 1. The zero-order chi connectivity index (χ0) is 17.1. The molecule has 0 bridgehead atoms. The molecule has 0 aliphatic heterocycles. The standard InChI is InChI=1S/C17H25BrN2O3/c1-23-17(22)15(19)6-2-3-12-20-16(21)7-4-5-13-8-10-14(18)11-9-13/h8-11,15H,2-7,12,19H2,1H3,(H,20,21)/t15-/m0/s1. The molecule has 0 spiro atoms. The fourth-order valence-corrected chi connectivity index (χ4v) is 2.44. The summed E-state index contributed by atoms with van der Waals surface area (Å²) in [4.78, 5) is 22.8. The molecule has 128 valence electrons. The number of rotatable bonds is 10. The van der Waals surface area contributed by atoms with Crippen molar-refractivity contribution >= 4 is 27.8 Å². The number of halogens is 1. The van der Waals surface area contributed by atoms with Gasteiger partial charge in [0.15, 0.2) is 0 Å². The topological polar surface area (TPSA) is 81.4 Å². The van der Waals surface area contributed by atoms with Crippen LogP contribution in [0.15, 0.2) is 28.7 Å². The second-order valence-corrected chi connectivity index (χ2v) is 6.37. The highest BCUT2D eigenvalue weighted by Crippen LogP contribution is 2.12. The first-order valence-corrected chi connectivity index (χ1v) is 8.66. The Morgan fingerprint density at radius 1 is 1.22 bits per heavy atom. The van der Waals surface area contributed by atoms with E-state index in [1.807, 2.05) is 12.1 Å². The number of unbranched alkanes of at least 4 members (excludes halogenated alkanes) is 1. The monoisotopic (exact) mass is 384 g/mol. The first-order chi connectivity index (χ1) is 11.0. The number of carbonyl (C=O) groups excluding carboxylic acids is 2. The maximum atomic E-state index is 11.7. The van der Waals surface area contributed by atoms with Crippen LogP contribution in [0, 0.1) is 0 Å². The van der Waals surface area contributed by atoms with E-state index >= 15 is 0 Å². The van der Waals surface area contributed by atoms with Crippen molar-refractivity contribution in [3.63, 3.8) is 0 Å². The fraction of sp³-hybridized carbons (Fsp3) is 0.529. The number of hydrogen-bond donors (Lipinski definition) is 2. The number of benzene rings is 1. The molecule has 0 saturated heterocycles. The zero-order valence-corrected chi connectivity index (χ0v) is 15.1. The van der Waals surface area contributed by atoms with Gasteiger partial charge in [0, 0.05) is 17.4 Å². The van der Waals surface area contributed by atoms with Crippen LogP contribution in [-0.4, -0.2) is 31.6 Å². The molecule has 1 aromatic rings. The molecule has 1 aromatic carbocycles. The van der Waals surface area contributed by atoms with E-state index in [2.05, 4.69) is 38.1 Å². The van der Waals surface area contributed by atoms with Crippen LogP contribution in [0.1, 0.15) is 37.7 Å².